The zero-order valence-corrected chi connectivity index (χ0v) is 18.7. The molecule has 3 rings (SSSR count). The van der Waals surface area contributed by atoms with Crippen LogP contribution in [0.3, 0.4) is 0 Å². The van der Waals surface area contributed by atoms with Crippen molar-refractivity contribution in [3.05, 3.63) is 78.8 Å². The number of anilines is 2. The van der Waals surface area contributed by atoms with Crippen molar-refractivity contribution in [3.63, 3.8) is 0 Å². The Balaban J connectivity index is 1.56. The minimum absolute atomic E-state index is 0.0715. The first kappa shape index (κ1) is 23.0. The molecule has 0 spiro atoms. The second-order valence-electron chi connectivity index (χ2n) is 6.38. The SMILES string of the molecule is CCOc1ccc(NS(=O)(=O)c2ccc(NC(=S)NC(=O)C=Cc3ccco3)cc2)cc1. The maximum atomic E-state index is 12.6. The van der Waals surface area contributed by atoms with Gasteiger partial charge in [-0.1, -0.05) is 0 Å². The summed E-state index contributed by atoms with van der Waals surface area (Å²) in [6.45, 7) is 2.40. The van der Waals surface area contributed by atoms with Crippen LogP contribution in [0.4, 0.5) is 11.4 Å². The van der Waals surface area contributed by atoms with Crippen LogP contribution in [0, 0.1) is 0 Å². The predicted octanol–water partition coefficient (Wildman–Crippen LogP) is 4.01. The van der Waals surface area contributed by atoms with E-state index in [0.29, 0.717) is 29.5 Å². The number of nitrogens with one attached hydrogen (secondary N) is 3. The molecule has 0 radical (unpaired) electrons. The summed E-state index contributed by atoms with van der Waals surface area (Å²) in [6, 6.07) is 16.0. The molecule has 0 aliphatic carbocycles. The molecule has 0 saturated heterocycles. The van der Waals surface area contributed by atoms with Crippen LogP contribution in [0.1, 0.15) is 12.7 Å². The molecular weight excluding hydrogens is 450 g/mol. The Morgan fingerprint density at radius 3 is 2.38 bits per heavy atom. The molecule has 0 aliphatic rings. The van der Waals surface area contributed by atoms with Crippen molar-refractivity contribution in [2.24, 2.45) is 0 Å². The molecule has 3 aromatic rings. The molecule has 10 heteroatoms. The lowest BCUT2D eigenvalue weighted by atomic mass is 10.3. The van der Waals surface area contributed by atoms with Crippen LogP contribution in [0.15, 0.2) is 82.3 Å². The van der Waals surface area contributed by atoms with Gasteiger partial charge in [0, 0.05) is 17.5 Å². The van der Waals surface area contributed by atoms with Crippen LogP contribution in [0.25, 0.3) is 6.08 Å². The summed E-state index contributed by atoms with van der Waals surface area (Å²) in [5, 5.41) is 5.39. The molecular formula is C22H21N3O5S2. The molecule has 1 amide bonds. The number of rotatable bonds is 8. The minimum Gasteiger partial charge on any atom is -0.494 e. The van der Waals surface area contributed by atoms with Gasteiger partial charge in [0.05, 0.1) is 17.8 Å². The number of carbonyl (C=O) groups excluding carboxylic acids is 1. The molecule has 0 atom stereocenters. The highest BCUT2D eigenvalue weighted by Gasteiger charge is 2.14. The molecule has 0 saturated carbocycles. The summed E-state index contributed by atoms with van der Waals surface area (Å²) < 4.78 is 38.2. The van der Waals surface area contributed by atoms with Crippen LogP contribution in [0.2, 0.25) is 0 Å². The first-order valence-corrected chi connectivity index (χ1v) is 11.4. The van der Waals surface area contributed by atoms with Crippen LogP contribution in [-0.4, -0.2) is 26.0 Å². The van der Waals surface area contributed by atoms with Crippen LogP contribution in [0.5, 0.6) is 5.75 Å². The van der Waals surface area contributed by atoms with E-state index < -0.39 is 15.9 Å². The maximum absolute atomic E-state index is 12.6. The molecule has 0 fully saturated rings. The van der Waals surface area contributed by atoms with Crippen LogP contribution >= 0.6 is 12.2 Å². The second kappa shape index (κ2) is 10.6. The lowest BCUT2D eigenvalue weighted by Gasteiger charge is -2.11. The standard InChI is InChI=1S/C22H21N3O5S2/c1-2-29-19-9-5-17(6-10-19)25-32(27,28)20-12-7-16(8-13-20)23-22(31)24-21(26)14-11-18-4-3-15-30-18/h3-15,25H,2H2,1H3,(H2,23,24,26,31). The van der Waals surface area contributed by atoms with E-state index in [2.05, 4.69) is 15.4 Å². The molecule has 0 unspecified atom stereocenters. The second-order valence-corrected chi connectivity index (χ2v) is 8.47. The predicted molar refractivity (Wildman–Crippen MR) is 127 cm³/mol. The Bertz CT molecular complexity index is 1190. The highest BCUT2D eigenvalue weighted by atomic mass is 32.2. The summed E-state index contributed by atoms with van der Waals surface area (Å²) in [6.07, 6.45) is 4.30. The fourth-order valence-electron chi connectivity index (χ4n) is 2.58. The molecule has 8 nitrogen and oxygen atoms in total. The fraction of sp³-hybridized carbons (Fsp3) is 0.0909. The molecule has 1 aromatic heterocycles. The van der Waals surface area contributed by atoms with Crippen molar-refractivity contribution in [2.45, 2.75) is 11.8 Å². The summed E-state index contributed by atoms with van der Waals surface area (Å²) in [4.78, 5) is 12.0. The number of furan rings is 1. The van der Waals surface area contributed by atoms with E-state index in [0.717, 1.165) is 0 Å². The number of benzene rings is 2. The topological polar surface area (TPSA) is 110 Å². The van der Waals surface area contributed by atoms with Crippen LogP contribution < -0.4 is 20.1 Å². The monoisotopic (exact) mass is 471 g/mol. The van der Waals surface area contributed by atoms with Crippen molar-refractivity contribution >= 4 is 50.7 Å². The van der Waals surface area contributed by atoms with Gasteiger partial charge in [0.2, 0.25) is 5.91 Å². The van der Waals surface area contributed by atoms with E-state index in [9.17, 15) is 13.2 Å². The summed E-state index contributed by atoms with van der Waals surface area (Å²) >= 11 is 5.11. The van der Waals surface area contributed by atoms with Gasteiger partial charge < -0.3 is 14.5 Å². The number of ether oxygens (including phenoxy) is 1. The van der Waals surface area contributed by atoms with Gasteiger partial charge in [-0.15, -0.1) is 0 Å². The number of amides is 1. The first-order valence-electron chi connectivity index (χ1n) is 9.55. The van der Waals surface area contributed by atoms with Crippen molar-refractivity contribution in [3.8, 4) is 5.75 Å². The molecule has 0 bridgehead atoms. The van der Waals surface area contributed by atoms with Gasteiger partial charge in [-0.05, 0) is 85.9 Å². The van der Waals surface area contributed by atoms with Gasteiger partial charge in [0.15, 0.2) is 5.11 Å². The Morgan fingerprint density at radius 1 is 1.06 bits per heavy atom. The van der Waals surface area contributed by atoms with Crippen molar-refractivity contribution in [1.29, 1.82) is 0 Å². The van der Waals surface area contributed by atoms with Gasteiger partial charge in [-0.3, -0.25) is 14.8 Å². The lowest BCUT2D eigenvalue weighted by Crippen LogP contribution is -2.32. The number of sulfonamides is 1. The Hall–Kier alpha value is -3.63. The largest absolute Gasteiger partial charge is 0.494 e. The molecule has 2 aromatic carbocycles. The fourth-order valence-corrected chi connectivity index (χ4v) is 3.85. The van der Waals surface area contributed by atoms with Gasteiger partial charge in [0.25, 0.3) is 10.0 Å². The third-order valence-corrected chi connectivity index (χ3v) is 5.62. The quantitative estimate of drug-likeness (QED) is 0.336. The maximum Gasteiger partial charge on any atom is 0.261 e. The average molecular weight is 472 g/mol. The summed E-state index contributed by atoms with van der Waals surface area (Å²) in [5.41, 5.74) is 0.937. The lowest BCUT2D eigenvalue weighted by molar-refractivity contribution is -0.115. The molecule has 3 N–H and O–H groups in total. The average Bonchev–Trinajstić information content (AvgIpc) is 3.28. The van der Waals surface area contributed by atoms with E-state index in [1.54, 1.807) is 48.5 Å². The zero-order chi connectivity index (χ0) is 23.0. The Labute approximate surface area is 191 Å². The van der Waals surface area contributed by atoms with Gasteiger partial charge in [-0.2, -0.15) is 0 Å². The third kappa shape index (κ3) is 6.69. The van der Waals surface area contributed by atoms with Crippen LogP contribution in [-0.2, 0) is 14.8 Å². The number of carbonyl (C=O) groups is 1. The Kier molecular flexibility index (Phi) is 7.63. The summed E-state index contributed by atoms with van der Waals surface area (Å²) in [7, 11) is -3.77. The van der Waals surface area contributed by atoms with Gasteiger partial charge in [0.1, 0.15) is 11.5 Å². The van der Waals surface area contributed by atoms with Gasteiger partial charge >= 0.3 is 0 Å². The highest BCUT2D eigenvalue weighted by molar-refractivity contribution is 7.92. The van der Waals surface area contributed by atoms with E-state index >= 15 is 0 Å². The number of thiocarbonyl (C=S) groups is 1. The Morgan fingerprint density at radius 2 is 1.75 bits per heavy atom. The van der Waals surface area contributed by atoms with E-state index in [-0.39, 0.29) is 10.0 Å². The van der Waals surface area contributed by atoms with Crippen molar-refractivity contribution in [2.75, 3.05) is 16.6 Å². The molecule has 166 valence electrons. The summed E-state index contributed by atoms with van der Waals surface area (Å²) in [5.74, 6) is 0.762. The zero-order valence-electron chi connectivity index (χ0n) is 17.1. The number of hydrogen-bond acceptors (Lipinski definition) is 6. The molecule has 32 heavy (non-hydrogen) atoms. The van der Waals surface area contributed by atoms with Crippen molar-refractivity contribution in [1.82, 2.24) is 5.32 Å². The third-order valence-electron chi connectivity index (χ3n) is 4.02. The molecule has 1 heterocycles. The minimum atomic E-state index is -3.77. The first-order chi connectivity index (χ1) is 15.4. The van der Waals surface area contributed by atoms with Gasteiger partial charge in [-0.25, -0.2) is 8.42 Å². The number of hydrogen-bond donors (Lipinski definition) is 3. The van der Waals surface area contributed by atoms with E-state index in [4.69, 9.17) is 21.4 Å². The van der Waals surface area contributed by atoms with E-state index in [1.165, 1.54) is 30.5 Å². The van der Waals surface area contributed by atoms with Crippen molar-refractivity contribution < 1.29 is 22.4 Å². The molecule has 0 aliphatic heterocycles. The smallest absolute Gasteiger partial charge is 0.261 e. The highest BCUT2D eigenvalue weighted by Crippen LogP contribution is 2.20. The van der Waals surface area contributed by atoms with E-state index in [1.807, 2.05) is 6.92 Å². The normalized spacial score (nSPS) is 11.2.